The highest BCUT2D eigenvalue weighted by Gasteiger charge is 2.32. The lowest BCUT2D eigenvalue weighted by atomic mass is 10.0. The fraction of sp³-hybridized carbons (Fsp3) is 0.571. The quantitative estimate of drug-likeness (QED) is 0.869. The molecular formula is C14H21FN2O2S. The lowest BCUT2D eigenvalue weighted by Crippen LogP contribution is -2.29. The molecule has 4 nitrogen and oxygen atoms in total. The zero-order valence-electron chi connectivity index (χ0n) is 11.9. The van der Waals surface area contributed by atoms with Gasteiger partial charge in [-0.3, -0.25) is 0 Å². The molecule has 0 amide bonds. The third-order valence-corrected chi connectivity index (χ3v) is 5.78. The number of nitrogens with zero attached hydrogens (tertiary/aromatic N) is 1. The van der Waals surface area contributed by atoms with E-state index in [2.05, 4.69) is 6.92 Å². The topological polar surface area (TPSA) is 63.4 Å². The predicted molar refractivity (Wildman–Crippen MR) is 77.3 cm³/mol. The number of benzene rings is 1. The van der Waals surface area contributed by atoms with E-state index in [1.54, 1.807) is 0 Å². The molecule has 1 aromatic rings. The van der Waals surface area contributed by atoms with Crippen LogP contribution in [0.15, 0.2) is 17.0 Å². The van der Waals surface area contributed by atoms with Crippen molar-refractivity contribution < 1.29 is 12.8 Å². The van der Waals surface area contributed by atoms with E-state index in [9.17, 15) is 12.8 Å². The molecule has 1 aliphatic heterocycles. The highest BCUT2D eigenvalue weighted by molar-refractivity contribution is 7.89. The van der Waals surface area contributed by atoms with E-state index in [4.69, 9.17) is 5.73 Å². The van der Waals surface area contributed by atoms with E-state index in [1.165, 1.54) is 17.3 Å². The van der Waals surface area contributed by atoms with E-state index in [-0.39, 0.29) is 16.1 Å². The Bertz CT molecular complexity index is 578. The molecule has 1 unspecified atom stereocenters. The summed E-state index contributed by atoms with van der Waals surface area (Å²) in [4.78, 5) is -0.0461. The van der Waals surface area contributed by atoms with Gasteiger partial charge in [0.25, 0.3) is 0 Å². The van der Waals surface area contributed by atoms with Gasteiger partial charge >= 0.3 is 0 Å². The van der Waals surface area contributed by atoms with Crippen molar-refractivity contribution in [3.05, 3.63) is 23.5 Å². The van der Waals surface area contributed by atoms with Crippen molar-refractivity contribution in [1.29, 1.82) is 0 Å². The number of rotatable bonds is 4. The van der Waals surface area contributed by atoms with Crippen LogP contribution in [-0.4, -0.2) is 25.8 Å². The van der Waals surface area contributed by atoms with Gasteiger partial charge in [-0.2, -0.15) is 4.31 Å². The Labute approximate surface area is 119 Å². The maximum atomic E-state index is 13.7. The minimum atomic E-state index is -3.64. The smallest absolute Gasteiger partial charge is 0.243 e. The summed E-state index contributed by atoms with van der Waals surface area (Å²) in [6, 6.07) is 2.41. The number of anilines is 1. The van der Waals surface area contributed by atoms with E-state index >= 15 is 0 Å². The normalized spacial score (nSPS) is 20.4. The Morgan fingerprint density at radius 3 is 2.75 bits per heavy atom. The van der Waals surface area contributed by atoms with Crippen LogP contribution in [0.4, 0.5) is 10.1 Å². The molecule has 1 heterocycles. The average Bonchev–Trinajstić information content (AvgIpc) is 2.85. The third kappa shape index (κ3) is 2.81. The largest absolute Gasteiger partial charge is 0.398 e. The summed E-state index contributed by atoms with van der Waals surface area (Å²) >= 11 is 0. The number of nitrogen functional groups attached to an aromatic ring is 1. The van der Waals surface area contributed by atoms with E-state index < -0.39 is 15.8 Å². The Morgan fingerprint density at radius 2 is 2.15 bits per heavy atom. The molecule has 0 aliphatic carbocycles. The van der Waals surface area contributed by atoms with Crippen LogP contribution < -0.4 is 5.73 Å². The van der Waals surface area contributed by atoms with Gasteiger partial charge in [0.05, 0.1) is 4.90 Å². The fourth-order valence-electron chi connectivity index (χ4n) is 2.63. The number of hydrogen-bond donors (Lipinski definition) is 1. The summed E-state index contributed by atoms with van der Waals surface area (Å²) in [6.07, 6.45) is 2.94. The molecule has 0 bridgehead atoms. The van der Waals surface area contributed by atoms with Gasteiger partial charge in [0.1, 0.15) is 5.82 Å². The highest BCUT2D eigenvalue weighted by Crippen LogP contribution is 2.29. The molecule has 6 heteroatoms. The van der Waals surface area contributed by atoms with Crippen LogP contribution in [0.1, 0.15) is 31.7 Å². The first kappa shape index (κ1) is 15.3. The van der Waals surface area contributed by atoms with Gasteiger partial charge in [0.2, 0.25) is 10.0 Å². The van der Waals surface area contributed by atoms with E-state index in [1.807, 2.05) is 0 Å². The average molecular weight is 300 g/mol. The molecule has 2 N–H and O–H groups in total. The molecule has 1 aromatic carbocycles. The maximum absolute atomic E-state index is 13.7. The third-order valence-electron chi connectivity index (χ3n) is 3.94. The second-order valence-corrected chi connectivity index (χ2v) is 7.36. The lowest BCUT2D eigenvalue weighted by Gasteiger charge is -2.17. The lowest BCUT2D eigenvalue weighted by molar-refractivity contribution is 0.444. The number of nitrogens with two attached hydrogens (primary N) is 1. The van der Waals surface area contributed by atoms with Crippen molar-refractivity contribution in [1.82, 2.24) is 4.31 Å². The van der Waals surface area contributed by atoms with Crippen LogP contribution >= 0.6 is 0 Å². The van der Waals surface area contributed by atoms with Crippen molar-refractivity contribution in [3.63, 3.8) is 0 Å². The summed E-state index contributed by atoms with van der Waals surface area (Å²) < 4.78 is 40.1. The molecule has 0 saturated carbocycles. The van der Waals surface area contributed by atoms with Crippen LogP contribution in [0.25, 0.3) is 0 Å². The molecule has 0 aromatic heterocycles. The first-order valence-corrected chi connectivity index (χ1v) is 8.36. The SMILES string of the molecule is CCCC1CCN(S(=O)(=O)c2cc(N)c(C)c(F)c2)C1. The van der Waals surface area contributed by atoms with Crippen LogP contribution in [0.2, 0.25) is 0 Å². The van der Waals surface area contributed by atoms with Gasteiger partial charge in [0, 0.05) is 24.3 Å². The number of hydrogen-bond acceptors (Lipinski definition) is 3. The van der Waals surface area contributed by atoms with E-state index in [0.29, 0.717) is 19.0 Å². The molecular weight excluding hydrogens is 279 g/mol. The molecule has 1 atom stereocenters. The summed E-state index contributed by atoms with van der Waals surface area (Å²) in [6.45, 7) is 4.65. The highest BCUT2D eigenvalue weighted by atomic mass is 32.2. The zero-order valence-corrected chi connectivity index (χ0v) is 12.7. The maximum Gasteiger partial charge on any atom is 0.243 e. The van der Waals surface area contributed by atoms with Crippen molar-refractivity contribution in [2.75, 3.05) is 18.8 Å². The summed E-state index contributed by atoms with van der Waals surface area (Å²) in [5.41, 5.74) is 6.13. The van der Waals surface area contributed by atoms with Crippen LogP contribution in [0.5, 0.6) is 0 Å². The van der Waals surface area contributed by atoms with Crippen molar-refractivity contribution in [2.24, 2.45) is 5.92 Å². The van der Waals surface area contributed by atoms with Crippen LogP contribution in [-0.2, 0) is 10.0 Å². The monoisotopic (exact) mass is 300 g/mol. The summed E-state index contributed by atoms with van der Waals surface area (Å²) in [5.74, 6) is -0.171. The number of sulfonamides is 1. The first-order valence-electron chi connectivity index (χ1n) is 6.92. The van der Waals surface area contributed by atoms with Gasteiger partial charge in [-0.15, -0.1) is 0 Å². The Kier molecular flexibility index (Phi) is 4.34. The Hall–Kier alpha value is -1.14. The van der Waals surface area contributed by atoms with Crippen molar-refractivity contribution in [2.45, 2.75) is 38.0 Å². The molecule has 1 saturated heterocycles. The zero-order chi connectivity index (χ0) is 14.9. The standard InChI is InChI=1S/C14H21FN2O2S/c1-3-4-11-5-6-17(9-11)20(18,19)12-7-13(15)10(2)14(16)8-12/h7-8,11H,3-6,9,16H2,1-2H3. The van der Waals surface area contributed by atoms with Gasteiger partial charge in [-0.05, 0) is 37.8 Å². The number of halogens is 1. The van der Waals surface area contributed by atoms with Crippen molar-refractivity contribution in [3.8, 4) is 0 Å². The minimum Gasteiger partial charge on any atom is -0.398 e. The molecule has 20 heavy (non-hydrogen) atoms. The second-order valence-electron chi connectivity index (χ2n) is 5.43. The second kappa shape index (κ2) is 5.69. The van der Waals surface area contributed by atoms with Gasteiger partial charge in [-0.1, -0.05) is 13.3 Å². The van der Waals surface area contributed by atoms with Gasteiger partial charge in [0.15, 0.2) is 0 Å². The molecule has 1 aliphatic rings. The molecule has 0 radical (unpaired) electrons. The predicted octanol–water partition coefficient (Wildman–Crippen LogP) is 2.53. The fourth-order valence-corrected chi connectivity index (χ4v) is 4.21. The van der Waals surface area contributed by atoms with Crippen LogP contribution in [0.3, 0.4) is 0 Å². The summed E-state index contributed by atoms with van der Waals surface area (Å²) in [5, 5.41) is 0. The molecule has 1 fully saturated rings. The first-order chi connectivity index (χ1) is 9.36. The summed E-state index contributed by atoms with van der Waals surface area (Å²) in [7, 11) is -3.64. The minimum absolute atomic E-state index is 0.0461. The Morgan fingerprint density at radius 1 is 1.45 bits per heavy atom. The molecule has 112 valence electrons. The molecule has 0 spiro atoms. The van der Waals surface area contributed by atoms with Gasteiger partial charge in [-0.25, -0.2) is 12.8 Å². The van der Waals surface area contributed by atoms with Crippen molar-refractivity contribution >= 4 is 15.7 Å². The van der Waals surface area contributed by atoms with Gasteiger partial charge < -0.3 is 5.73 Å². The van der Waals surface area contributed by atoms with Crippen LogP contribution in [0, 0.1) is 18.7 Å². The molecule has 2 rings (SSSR count). The van der Waals surface area contributed by atoms with E-state index in [0.717, 1.165) is 25.3 Å². The Balaban J connectivity index is 2.28.